The normalized spacial score (nSPS) is 14.0. The Labute approximate surface area is 206 Å². The molecule has 4 aromatic rings. The van der Waals surface area contributed by atoms with Crippen LogP contribution in [-0.4, -0.2) is 47.5 Å². The fourth-order valence-corrected chi connectivity index (χ4v) is 3.89. The highest BCUT2D eigenvalue weighted by molar-refractivity contribution is 6.42. The number of hydrazone groups is 1. The molecule has 5 rings (SSSR count). The lowest BCUT2D eigenvalue weighted by Gasteiger charge is -2.27. The molecule has 10 heteroatoms. The third kappa shape index (κ3) is 5.20. The van der Waals surface area contributed by atoms with E-state index >= 15 is 0 Å². The number of fused-ring (bicyclic) bond motifs is 1. The summed E-state index contributed by atoms with van der Waals surface area (Å²) >= 11 is 12.1. The smallest absolute Gasteiger partial charge is 0.250 e. The SMILES string of the molecule is Clc1ccc(/C=N/Nc2nc(Nc3cccc4ccccc34)nc(N3CCOCC3)n2)cc1Cl. The summed E-state index contributed by atoms with van der Waals surface area (Å²) < 4.78 is 5.47. The van der Waals surface area contributed by atoms with Gasteiger partial charge in [0, 0.05) is 24.2 Å². The van der Waals surface area contributed by atoms with Crippen LogP contribution in [0.5, 0.6) is 0 Å². The number of nitrogens with one attached hydrogen (secondary N) is 2. The number of rotatable bonds is 6. The van der Waals surface area contributed by atoms with Crippen LogP contribution in [0.3, 0.4) is 0 Å². The number of ether oxygens (including phenoxy) is 1. The molecule has 1 aromatic heterocycles. The van der Waals surface area contributed by atoms with Gasteiger partial charge >= 0.3 is 0 Å². The first-order chi connectivity index (χ1) is 16.7. The molecule has 1 saturated heterocycles. The highest BCUT2D eigenvalue weighted by Gasteiger charge is 2.17. The van der Waals surface area contributed by atoms with Crippen LogP contribution in [0.1, 0.15) is 5.56 Å². The van der Waals surface area contributed by atoms with E-state index in [0.717, 1.165) is 22.0 Å². The maximum absolute atomic E-state index is 6.08. The Morgan fingerprint density at radius 3 is 2.53 bits per heavy atom. The van der Waals surface area contributed by atoms with Crippen LogP contribution in [0, 0.1) is 0 Å². The lowest BCUT2D eigenvalue weighted by atomic mass is 10.1. The molecule has 1 aliphatic heterocycles. The first-order valence-electron chi connectivity index (χ1n) is 10.7. The minimum atomic E-state index is 0.315. The maximum atomic E-state index is 6.08. The molecule has 2 N–H and O–H groups in total. The second kappa shape index (κ2) is 10.2. The average Bonchev–Trinajstić information content (AvgIpc) is 2.87. The Hall–Kier alpha value is -3.46. The Bertz CT molecular complexity index is 1340. The van der Waals surface area contributed by atoms with Gasteiger partial charge in [-0.05, 0) is 29.1 Å². The van der Waals surface area contributed by atoms with Crippen molar-refractivity contribution in [1.29, 1.82) is 0 Å². The van der Waals surface area contributed by atoms with E-state index in [1.165, 1.54) is 0 Å². The zero-order chi connectivity index (χ0) is 23.3. The van der Waals surface area contributed by atoms with Crippen LogP contribution in [0.4, 0.5) is 23.5 Å². The molecule has 0 bridgehead atoms. The number of benzene rings is 3. The fourth-order valence-electron chi connectivity index (χ4n) is 3.59. The van der Waals surface area contributed by atoms with Gasteiger partial charge in [-0.25, -0.2) is 5.43 Å². The van der Waals surface area contributed by atoms with E-state index in [2.05, 4.69) is 53.9 Å². The van der Waals surface area contributed by atoms with Crippen LogP contribution in [0.2, 0.25) is 10.0 Å². The molecule has 0 radical (unpaired) electrons. The molecule has 8 nitrogen and oxygen atoms in total. The molecule has 172 valence electrons. The monoisotopic (exact) mass is 493 g/mol. The van der Waals surface area contributed by atoms with Gasteiger partial charge in [0.15, 0.2) is 0 Å². The van der Waals surface area contributed by atoms with E-state index < -0.39 is 0 Å². The van der Waals surface area contributed by atoms with Gasteiger partial charge in [0.1, 0.15) is 0 Å². The first kappa shape index (κ1) is 22.3. The highest BCUT2D eigenvalue weighted by Crippen LogP contribution is 2.26. The number of aromatic nitrogens is 3. The largest absolute Gasteiger partial charge is 0.378 e. The quantitative estimate of drug-likeness (QED) is 0.276. The molecule has 1 fully saturated rings. The van der Waals surface area contributed by atoms with Crippen molar-refractivity contribution in [2.24, 2.45) is 5.10 Å². The molecular formula is C24H21Cl2N7O. The lowest BCUT2D eigenvalue weighted by molar-refractivity contribution is 0.122. The van der Waals surface area contributed by atoms with E-state index in [-0.39, 0.29) is 0 Å². The molecular weight excluding hydrogens is 473 g/mol. The summed E-state index contributed by atoms with van der Waals surface area (Å²) in [5.41, 5.74) is 4.60. The zero-order valence-corrected chi connectivity index (χ0v) is 19.6. The summed E-state index contributed by atoms with van der Waals surface area (Å²) in [6.07, 6.45) is 1.62. The third-order valence-electron chi connectivity index (χ3n) is 5.28. The Morgan fingerprint density at radius 1 is 0.882 bits per heavy atom. The van der Waals surface area contributed by atoms with Gasteiger partial charge < -0.3 is 15.0 Å². The van der Waals surface area contributed by atoms with E-state index in [4.69, 9.17) is 27.9 Å². The average molecular weight is 494 g/mol. The molecule has 2 heterocycles. The van der Waals surface area contributed by atoms with E-state index in [1.807, 2.05) is 30.3 Å². The molecule has 0 unspecified atom stereocenters. The first-order valence-corrected chi connectivity index (χ1v) is 11.5. The van der Waals surface area contributed by atoms with Crippen molar-refractivity contribution in [2.45, 2.75) is 0 Å². The van der Waals surface area contributed by atoms with Gasteiger partial charge in [0.2, 0.25) is 17.8 Å². The van der Waals surface area contributed by atoms with Crippen LogP contribution < -0.4 is 15.6 Å². The van der Waals surface area contributed by atoms with Crippen molar-refractivity contribution in [3.8, 4) is 0 Å². The van der Waals surface area contributed by atoms with Crippen LogP contribution in [0.15, 0.2) is 65.8 Å². The van der Waals surface area contributed by atoms with E-state index in [0.29, 0.717) is 54.2 Å². The molecule has 34 heavy (non-hydrogen) atoms. The van der Waals surface area contributed by atoms with E-state index in [9.17, 15) is 0 Å². The van der Waals surface area contributed by atoms with E-state index in [1.54, 1.807) is 18.3 Å². The van der Waals surface area contributed by atoms with Crippen LogP contribution in [-0.2, 0) is 4.74 Å². The van der Waals surface area contributed by atoms with Gasteiger partial charge in [-0.2, -0.15) is 20.1 Å². The predicted octanol–water partition coefficient (Wildman–Crippen LogP) is 5.36. The van der Waals surface area contributed by atoms with Crippen molar-refractivity contribution in [2.75, 3.05) is 41.9 Å². The number of nitrogens with zero attached hydrogens (tertiary/aromatic N) is 5. The van der Waals surface area contributed by atoms with Gasteiger partial charge in [-0.15, -0.1) is 0 Å². The second-order valence-corrected chi connectivity index (χ2v) is 8.39. The molecule has 0 saturated carbocycles. The van der Waals surface area contributed by atoms with Crippen LogP contribution in [0.25, 0.3) is 10.8 Å². The molecule has 1 aliphatic rings. The van der Waals surface area contributed by atoms with Gasteiger partial charge in [-0.1, -0.05) is 65.7 Å². The second-order valence-electron chi connectivity index (χ2n) is 7.58. The summed E-state index contributed by atoms with van der Waals surface area (Å²) in [5, 5.41) is 10.8. The Morgan fingerprint density at radius 2 is 1.68 bits per heavy atom. The number of hydrogen-bond acceptors (Lipinski definition) is 8. The molecule has 0 amide bonds. The van der Waals surface area contributed by atoms with Gasteiger partial charge in [0.25, 0.3) is 0 Å². The van der Waals surface area contributed by atoms with Crippen molar-refractivity contribution in [3.05, 3.63) is 76.3 Å². The number of anilines is 4. The minimum absolute atomic E-state index is 0.315. The summed E-state index contributed by atoms with van der Waals surface area (Å²) in [5.74, 6) is 1.28. The molecule has 0 atom stereocenters. The fraction of sp³-hybridized carbons (Fsp3) is 0.167. The maximum Gasteiger partial charge on any atom is 0.250 e. The van der Waals surface area contributed by atoms with Gasteiger partial charge in [0.05, 0.1) is 29.5 Å². The Balaban J connectivity index is 1.44. The topological polar surface area (TPSA) is 87.6 Å². The van der Waals surface area contributed by atoms with Crippen molar-refractivity contribution in [1.82, 2.24) is 15.0 Å². The third-order valence-corrected chi connectivity index (χ3v) is 6.01. The Kier molecular flexibility index (Phi) is 6.71. The lowest BCUT2D eigenvalue weighted by Crippen LogP contribution is -2.37. The van der Waals surface area contributed by atoms with Crippen molar-refractivity contribution < 1.29 is 4.74 Å². The molecule has 0 spiro atoms. The molecule has 0 aliphatic carbocycles. The number of halogens is 2. The minimum Gasteiger partial charge on any atom is -0.378 e. The predicted molar refractivity (Wildman–Crippen MR) is 138 cm³/mol. The zero-order valence-electron chi connectivity index (χ0n) is 18.1. The summed E-state index contributed by atoms with van der Waals surface area (Å²) in [6.45, 7) is 2.64. The number of morpholine rings is 1. The molecule has 3 aromatic carbocycles. The van der Waals surface area contributed by atoms with Crippen LogP contribution >= 0.6 is 23.2 Å². The summed E-state index contributed by atoms with van der Waals surface area (Å²) in [6, 6.07) is 19.5. The summed E-state index contributed by atoms with van der Waals surface area (Å²) in [4.78, 5) is 15.8. The standard InChI is InChI=1S/C24H21Cl2N7O/c25-19-9-8-16(14-20(19)26)15-27-32-23-29-22(30-24(31-23)33-10-12-34-13-11-33)28-21-7-3-5-17-4-1-2-6-18(17)21/h1-9,14-15H,10-13H2,(H2,28,29,30,31,32)/b27-15+. The summed E-state index contributed by atoms with van der Waals surface area (Å²) in [7, 11) is 0. The highest BCUT2D eigenvalue weighted by atomic mass is 35.5. The van der Waals surface area contributed by atoms with Crippen molar-refractivity contribution in [3.63, 3.8) is 0 Å². The van der Waals surface area contributed by atoms with Gasteiger partial charge in [-0.3, -0.25) is 0 Å². The number of hydrogen-bond donors (Lipinski definition) is 2. The van der Waals surface area contributed by atoms with Crippen molar-refractivity contribution >= 4 is 63.7 Å².